The highest BCUT2D eigenvalue weighted by Crippen LogP contribution is 2.32. The Labute approximate surface area is 80.0 Å². The maximum Gasteiger partial charge on any atom is 0.155 e. The van der Waals surface area contributed by atoms with Crippen molar-refractivity contribution in [2.24, 2.45) is 0 Å². The molecule has 64 valence electrons. The average Bonchev–Trinajstić information content (AvgIpc) is 2.08. The van der Waals surface area contributed by atoms with Gasteiger partial charge in [0, 0.05) is 0 Å². The molecule has 0 saturated heterocycles. The number of halogens is 2. The summed E-state index contributed by atoms with van der Waals surface area (Å²) in [6.07, 6.45) is 0.618. The van der Waals surface area contributed by atoms with Crippen LogP contribution in [-0.4, -0.2) is 13.4 Å². The van der Waals surface area contributed by atoms with Crippen molar-refractivity contribution in [2.45, 2.75) is 0 Å². The Morgan fingerprint density at radius 2 is 1.92 bits per heavy atom. The topological polar surface area (TPSA) is 26.3 Å². The van der Waals surface area contributed by atoms with Gasteiger partial charge in [0.1, 0.15) is 5.75 Å². The number of carbonyl (C=O) groups is 1. The number of rotatable bonds is 2. The molecule has 4 heteroatoms. The van der Waals surface area contributed by atoms with E-state index in [4.69, 9.17) is 27.9 Å². The molecular weight excluding hydrogens is 199 g/mol. The van der Waals surface area contributed by atoms with Crippen LogP contribution in [0, 0.1) is 0 Å². The summed E-state index contributed by atoms with van der Waals surface area (Å²) in [5.41, 5.74) is 0.284. The Kier molecular flexibility index (Phi) is 2.95. The number of benzene rings is 1. The van der Waals surface area contributed by atoms with Gasteiger partial charge in [-0.25, -0.2) is 0 Å². The van der Waals surface area contributed by atoms with E-state index in [1.165, 1.54) is 7.11 Å². The zero-order valence-corrected chi connectivity index (χ0v) is 7.82. The van der Waals surface area contributed by atoms with Crippen molar-refractivity contribution in [3.63, 3.8) is 0 Å². The summed E-state index contributed by atoms with van der Waals surface area (Å²) in [4.78, 5) is 10.5. The maximum atomic E-state index is 10.5. The van der Waals surface area contributed by atoms with Gasteiger partial charge in [-0.1, -0.05) is 23.2 Å². The molecule has 0 saturated carbocycles. The van der Waals surface area contributed by atoms with Crippen LogP contribution in [0.5, 0.6) is 5.75 Å². The van der Waals surface area contributed by atoms with Crippen LogP contribution < -0.4 is 4.74 Å². The molecule has 0 N–H and O–H groups in total. The fraction of sp³-hybridized carbons (Fsp3) is 0.125. The molecule has 0 bridgehead atoms. The summed E-state index contributed by atoms with van der Waals surface area (Å²) in [5, 5.41) is 0.718. The lowest BCUT2D eigenvalue weighted by Gasteiger charge is -2.06. The summed E-state index contributed by atoms with van der Waals surface area (Å²) < 4.78 is 4.90. The Morgan fingerprint density at radius 1 is 1.33 bits per heavy atom. The van der Waals surface area contributed by atoms with Crippen molar-refractivity contribution in [3.05, 3.63) is 27.7 Å². The number of aldehydes is 1. The van der Waals surface area contributed by atoms with Gasteiger partial charge in [-0.2, -0.15) is 0 Å². The molecule has 0 unspecified atom stereocenters. The largest absolute Gasteiger partial charge is 0.494 e. The molecule has 0 aliphatic rings. The van der Waals surface area contributed by atoms with Crippen molar-refractivity contribution < 1.29 is 9.53 Å². The van der Waals surface area contributed by atoms with Gasteiger partial charge < -0.3 is 4.74 Å². The second-order valence-corrected chi connectivity index (χ2v) is 2.91. The Bertz CT molecular complexity index is 310. The highest BCUT2D eigenvalue weighted by atomic mass is 35.5. The fourth-order valence-electron chi connectivity index (χ4n) is 0.866. The van der Waals surface area contributed by atoms with Crippen molar-refractivity contribution in [3.8, 4) is 5.75 Å². The third-order valence-corrected chi connectivity index (χ3v) is 2.04. The number of ether oxygens (including phenoxy) is 1. The van der Waals surface area contributed by atoms with E-state index >= 15 is 0 Å². The Balaban J connectivity index is 3.38. The van der Waals surface area contributed by atoms with Crippen LogP contribution in [0.15, 0.2) is 12.1 Å². The standard InChI is InChI=1S/C8H6Cl2O2/c1-12-8-5(4-11)6(9)2-3-7(8)10/h2-4H,1H3. The molecule has 0 aliphatic heterocycles. The minimum atomic E-state index is 0.284. The second kappa shape index (κ2) is 3.78. The van der Waals surface area contributed by atoms with E-state index in [1.54, 1.807) is 12.1 Å². The van der Waals surface area contributed by atoms with Gasteiger partial charge in [-0.15, -0.1) is 0 Å². The van der Waals surface area contributed by atoms with Crippen LogP contribution in [0.3, 0.4) is 0 Å². The van der Waals surface area contributed by atoms with Gasteiger partial charge in [0.25, 0.3) is 0 Å². The average molecular weight is 205 g/mol. The van der Waals surface area contributed by atoms with E-state index in [-0.39, 0.29) is 5.56 Å². The van der Waals surface area contributed by atoms with Crippen LogP contribution in [0.4, 0.5) is 0 Å². The zero-order valence-electron chi connectivity index (χ0n) is 6.30. The minimum Gasteiger partial charge on any atom is -0.494 e. The van der Waals surface area contributed by atoms with Gasteiger partial charge in [0.15, 0.2) is 6.29 Å². The van der Waals surface area contributed by atoms with Crippen LogP contribution >= 0.6 is 23.2 Å². The molecule has 0 aromatic heterocycles. The molecule has 0 spiro atoms. The second-order valence-electron chi connectivity index (χ2n) is 2.09. The number of hydrogen-bond donors (Lipinski definition) is 0. The monoisotopic (exact) mass is 204 g/mol. The highest BCUT2D eigenvalue weighted by Gasteiger charge is 2.10. The van der Waals surface area contributed by atoms with E-state index in [1.807, 2.05) is 0 Å². The first kappa shape index (κ1) is 9.36. The first-order chi connectivity index (χ1) is 5.70. The Hall–Kier alpha value is -0.730. The molecule has 1 aromatic carbocycles. The van der Waals surface area contributed by atoms with Crippen LogP contribution in [0.2, 0.25) is 10.0 Å². The third kappa shape index (κ3) is 1.54. The molecule has 1 rings (SSSR count). The molecule has 0 amide bonds. The first-order valence-corrected chi connectivity index (χ1v) is 3.93. The predicted molar refractivity (Wildman–Crippen MR) is 48.4 cm³/mol. The molecule has 0 aliphatic carbocycles. The third-order valence-electron chi connectivity index (χ3n) is 1.42. The molecule has 0 heterocycles. The highest BCUT2D eigenvalue weighted by molar-refractivity contribution is 6.36. The quantitative estimate of drug-likeness (QED) is 0.694. The Morgan fingerprint density at radius 3 is 2.33 bits per heavy atom. The van der Waals surface area contributed by atoms with Gasteiger partial charge in [0.05, 0.1) is 22.7 Å². The number of hydrogen-bond acceptors (Lipinski definition) is 2. The lowest BCUT2D eigenvalue weighted by Crippen LogP contribution is -1.92. The smallest absolute Gasteiger partial charge is 0.155 e. The van der Waals surface area contributed by atoms with Gasteiger partial charge in [-0.05, 0) is 12.1 Å². The number of methoxy groups -OCH3 is 1. The van der Waals surface area contributed by atoms with Crippen LogP contribution in [-0.2, 0) is 0 Å². The molecule has 0 fully saturated rings. The zero-order chi connectivity index (χ0) is 9.14. The minimum absolute atomic E-state index is 0.284. The van der Waals surface area contributed by atoms with Gasteiger partial charge in [-0.3, -0.25) is 4.79 Å². The van der Waals surface area contributed by atoms with Gasteiger partial charge >= 0.3 is 0 Å². The van der Waals surface area contributed by atoms with Crippen molar-refractivity contribution in [1.82, 2.24) is 0 Å². The van der Waals surface area contributed by atoms with E-state index in [2.05, 4.69) is 0 Å². The molecule has 2 nitrogen and oxygen atoms in total. The van der Waals surface area contributed by atoms with Crippen LogP contribution in [0.1, 0.15) is 10.4 Å². The summed E-state index contributed by atoms with van der Waals surface area (Å²) in [7, 11) is 1.44. The van der Waals surface area contributed by atoms with E-state index in [0.717, 1.165) is 0 Å². The van der Waals surface area contributed by atoms with E-state index in [0.29, 0.717) is 22.1 Å². The maximum absolute atomic E-state index is 10.5. The molecule has 0 radical (unpaired) electrons. The molecule has 1 aromatic rings. The van der Waals surface area contributed by atoms with Gasteiger partial charge in [0.2, 0.25) is 0 Å². The van der Waals surface area contributed by atoms with Crippen molar-refractivity contribution >= 4 is 29.5 Å². The van der Waals surface area contributed by atoms with Crippen molar-refractivity contribution in [2.75, 3.05) is 7.11 Å². The fourth-order valence-corrected chi connectivity index (χ4v) is 1.30. The predicted octanol–water partition coefficient (Wildman–Crippen LogP) is 2.81. The van der Waals surface area contributed by atoms with Crippen LogP contribution in [0.25, 0.3) is 0 Å². The molecule has 12 heavy (non-hydrogen) atoms. The normalized spacial score (nSPS) is 9.58. The van der Waals surface area contributed by atoms with Crippen molar-refractivity contribution in [1.29, 1.82) is 0 Å². The summed E-state index contributed by atoms with van der Waals surface area (Å²) in [6, 6.07) is 3.13. The molecular formula is C8H6Cl2O2. The first-order valence-electron chi connectivity index (χ1n) is 3.18. The lowest BCUT2D eigenvalue weighted by atomic mass is 10.2. The number of carbonyl (C=O) groups excluding carboxylic acids is 1. The van der Waals surface area contributed by atoms with E-state index in [9.17, 15) is 4.79 Å². The van der Waals surface area contributed by atoms with E-state index < -0.39 is 0 Å². The SMILES string of the molecule is COc1c(Cl)ccc(Cl)c1C=O. The summed E-state index contributed by atoms with van der Waals surface area (Å²) in [5.74, 6) is 0.319. The lowest BCUT2D eigenvalue weighted by molar-refractivity contribution is 0.112. The summed E-state index contributed by atoms with van der Waals surface area (Å²) >= 11 is 11.4. The molecule has 0 atom stereocenters. The summed E-state index contributed by atoms with van der Waals surface area (Å²) in [6.45, 7) is 0.